The Hall–Kier alpha value is -3.39. The van der Waals surface area contributed by atoms with Crippen LogP contribution < -0.4 is 5.32 Å². The zero-order valence-corrected chi connectivity index (χ0v) is 16.1. The molecular weight excluding hydrogens is 417 g/mol. The van der Waals surface area contributed by atoms with Crippen LogP contribution in [-0.2, 0) is 12.7 Å². The summed E-state index contributed by atoms with van der Waals surface area (Å²) >= 11 is 5.64. The highest BCUT2D eigenvalue weighted by Crippen LogP contribution is 2.36. The fourth-order valence-corrected chi connectivity index (χ4v) is 3.30. The first-order valence-electron chi connectivity index (χ1n) is 8.84. The Morgan fingerprint density at radius 2 is 1.83 bits per heavy atom. The first kappa shape index (κ1) is 19.9. The molecule has 0 saturated carbocycles. The standard InChI is InChI=1S/C21H14ClF3N4O/c22-17-6-5-14(9-16(17)21(23,24)25)28-20(30)15-4-2-1-3-13(15)10-29-8-7-18-19(11-29)27-12-26-18/h1-9,11-12H,10H2,(H,28,30). The largest absolute Gasteiger partial charge is 0.417 e. The number of alkyl halides is 3. The maximum atomic E-state index is 13.1. The minimum atomic E-state index is -4.62. The molecule has 0 aliphatic carbocycles. The van der Waals surface area contributed by atoms with Gasteiger partial charge in [-0.15, -0.1) is 0 Å². The van der Waals surface area contributed by atoms with Crippen LogP contribution in [0.25, 0.3) is 11.4 Å². The molecule has 0 unspecified atom stereocenters. The van der Waals surface area contributed by atoms with Gasteiger partial charge in [-0.1, -0.05) is 29.8 Å². The molecule has 0 saturated heterocycles. The van der Waals surface area contributed by atoms with E-state index in [0.29, 0.717) is 17.7 Å². The first-order valence-corrected chi connectivity index (χ1v) is 9.21. The van der Waals surface area contributed by atoms with Crippen LogP contribution in [0.5, 0.6) is 0 Å². The Morgan fingerprint density at radius 1 is 1.07 bits per heavy atom. The topological polar surface area (TPSA) is 59.8 Å². The lowest BCUT2D eigenvalue weighted by molar-refractivity contribution is -0.137. The normalized spacial score (nSPS) is 11.6. The van der Waals surface area contributed by atoms with E-state index in [1.54, 1.807) is 24.3 Å². The first-order chi connectivity index (χ1) is 14.3. The molecule has 0 bridgehead atoms. The van der Waals surface area contributed by atoms with E-state index >= 15 is 0 Å². The highest BCUT2D eigenvalue weighted by molar-refractivity contribution is 6.31. The fourth-order valence-electron chi connectivity index (χ4n) is 3.07. The number of nitrogens with zero attached hydrogens (tertiary/aromatic N) is 3. The molecule has 30 heavy (non-hydrogen) atoms. The van der Waals surface area contributed by atoms with Crippen LogP contribution in [0.2, 0.25) is 5.02 Å². The van der Waals surface area contributed by atoms with Gasteiger partial charge in [0, 0.05) is 30.2 Å². The number of carbonyl (C=O) groups excluding carboxylic acids is 1. The third-order valence-electron chi connectivity index (χ3n) is 4.51. The number of fused-ring (bicyclic) bond motifs is 1. The monoisotopic (exact) mass is 430 g/mol. The highest BCUT2D eigenvalue weighted by atomic mass is 35.5. The van der Waals surface area contributed by atoms with Crippen molar-refractivity contribution in [3.63, 3.8) is 0 Å². The number of rotatable bonds is 4. The van der Waals surface area contributed by atoms with Crippen LogP contribution in [0, 0.1) is 0 Å². The zero-order chi connectivity index (χ0) is 21.3. The van der Waals surface area contributed by atoms with Gasteiger partial charge in [-0.3, -0.25) is 4.79 Å². The van der Waals surface area contributed by atoms with E-state index in [1.165, 1.54) is 12.4 Å². The number of imidazole rings is 1. The fraction of sp³-hybridized carbons (Fsp3) is 0.0952. The molecular formula is C21H14ClF3N4O. The molecule has 0 spiro atoms. The summed E-state index contributed by atoms with van der Waals surface area (Å²) in [7, 11) is 0. The molecule has 9 heteroatoms. The van der Waals surface area contributed by atoms with Crippen molar-refractivity contribution in [2.45, 2.75) is 12.7 Å². The second kappa shape index (κ2) is 7.79. The Balaban J connectivity index is 1.59. The van der Waals surface area contributed by atoms with Crippen molar-refractivity contribution < 1.29 is 18.0 Å². The number of benzene rings is 2. The van der Waals surface area contributed by atoms with E-state index in [0.717, 1.165) is 23.5 Å². The average Bonchev–Trinajstić information content (AvgIpc) is 3.17. The van der Waals surface area contributed by atoms with E-state index in [4.69, 9.17) is 11.6 Å². The number of amides is 1. The molecule has 2 heterocycles. The summed E-state index contributed by atoms with van der Waals surface area (Å²) in [5.41, 5.74) is 1.54. The van der Waals surface area contributed by atoms with Crippen molar-refractivity contribution in [2.75, 3.05) is 5.32 Å². The van der Waals surface area contributed by atoms with E-state index in [1.807, 2.05) is 23.0 Å². The Bertz CT molecular complexity index is 1190. The van der Waals surface area contributed by atoms with Gasteiger partial charge in [-0.25, -0.2) is 9.97 Å². The second-order valence-corrected chi connectivity index (χ2v) is 6.97. The van der Waals surface area contributed by atoms with Gasteiger partial charge < -0.3 is 9.88 Å². The molecule has 2 aromatic carbocycles. The van der Waals surface area contributed by atoms with E-state index in [9.17, 15) is 18.0 Å². The SMILES string of the molecule is O=C(Nc1ccc(Cl)c(C(F)(F)F)c1)c1ccccc1Cn1ccc2ncnc-2c1. The average molecular weight is 431 g/mol. The van der Waals surface area contributed by atoms with Crippen molar-refractivity contribution in [1.29, 1.82) is 0 Å². The molecule has 1 N–H and O–H groups in total. The third-order valence-corrected chi connectivity index (χ3v) is 4.84. The van der Waals surface area contributed by atoms with Gasteiger partial charge in [0.1, 0.15) is 12.0 Å². The summed E-state index contributed by atoms with van der Waals surface area (Å²) in [6.07, 6.45) is 0.485. The van der Waals surface area contributed by atoms with Gasteiger partial charge in [0.2, 0.25) is 0 Å². The van der Waals surface area contributed by atoms with E-state index in [2.05, 4.69) is 15.3 Å². The van der Waals surface area contributed by atoms with Crippen molar-refractivity contribution in [2.24, 2.45) is 0 Å². The Labute approximate surface area is 174 Å². The quantitative estimate of drug-likeness (QED) is 0.474. The zero-order valence-electron chi connectivity index (χ0n) is 15.3. The summed E-state index contributed by atoms with van der Waals surface area (Å²) in [6.45, 7) is 0.376. The maximum absolute atomic E-state index is 13.1. The van der Waals surface area contributed by atoms with Crippen LogP contribution in [0.1, 0.15) is 21.5 Å². The number of carbonyl (C=O) groups is 1. The van der Waals surface area contributed by atoms with Crippen molar-refractivity contribution in [3.05, 3.63) is 89.0 Å². The number of halogens is 4. The lowest BCUT2D eigenvalue weighted by atomic mass is 10.1. The molecule has 152 valence electrons. The smallest absolute Gasteiger partial charge is 0.348 e. The van der Waals surface area contributed by atoms with Gasteiger partial charge >= 0.3 is 6.18 Å². The summed E-state index contributed by atoms with van der Waals surface area (Å²) in [4.78, 5) is 21.1. The third kappa shape index (κ3) is 4.13. The van der Waals surface area contributed by atoms with Crippen LogP contribution >= 0.6 is 11.6 Å². The number of hydrogen-bond acceptors (Lipinski definition) is 3. The maximum Gasteiger partial charge on any atom is 0.417 e. The number of nitrogens with one attached hydrogen (secondary N) is 1. The number of hydrogen-bond donors (Lipinski definition) is 1. The molecule has 1 amide bonds. The van der Waals surface area contributed by atoms with Gasteiger partial charge in [-0.2, -0.15) is 13.2 Å². The number of anilines is 1. The number of aromatic nitrogens is 3. The van der Waals surface area contributed by atoms with Gasteiger partial charge in [0.25, 0.3) is 5.91 Å². The van der Waals surface area contributed by atoms with Gasteiger partial charge in [0.15, 0.2) is 0 Å². The van der Waals surface area contributed by atoms with Crippen LogP contribution in [0.15, 0.2) is 67.3 Å². The predicted octanol–water partition coefficient (Wildman–Crippen LogP) is 5.36. The van der Waals surface area contributed by atoms with Crippen LogP contribution in [-0.4, -0.2) is 20.4 Å². The van der Waals surface area contributed by atoms with Crippen molar-refractivity contribution in [1.82, 2.24) is 14.5 Å². The minimum absolute atomic E-state index is 0.00709. The summed E-state index contributed by atoms with van der Waals surface area (Å²) in [6, 6.07) is 12.0. The molecule has 2 aliphatic rings. The second-order valence-electron chi connectivity index (χ2n) is 6.56. The summed E-state index contributed by atoms with van der Waals surface area (Å²) in [5, 5.41) is 2.09. The van der Waals surface area contributed by atoms with Gasteiger partial charge in [0.05, 0.1) is 16.3 Å². The lowest BCUT2D eigenvalue weighted by Crippen LogP contribution is -2.16. The summed E-state index contributed by atoms with van der Waals surface area (Å²) < 4.78 is 41.1. The molecule has 0 radical (unpaired) electrons. The van der Waals surface area contributed by atoms with E-state index < -0.39 is 22.7 Å². The van der Waals surface area contributed by atoms with Crippen molar-refractivity contribution in [3.8, 4) is 11.4 Å². The molecule has 0 aromatic heterocycles. The van der Waals surface area contributed by atoms with Crippen molar-refractivity contribution >= 4 is 23.2 Å². The van der Waals surface area contributed by atoms with Gasteiger partial charge in [-0.05, 0) is 35.9 Å². The molecule has 4 rings (SSSR count). The van der Waals surface area contributed by atoms with Crippen LogP contribution in [0.4, 0.5) is 18.9 Å². The number of pyridine rings is 1. The molecule has 5 nitrogen and oxygen atoms in total. The molecule has 2 aliphatic heterocycles. The predicted molar refractivity (Wildman–Crippen MR) is 107 cm³/mol. The molecule has 0 atom stereocenters. The Kier molecular flexibility index (Phi) is 5.17. The minimum Gasteiger partial charge on any atom is -0.348 e. The summed E-state index contributed by atoms with van der Waals surface area (Å²) in [5.74, 6) is -0.518. The van der Waals surface area contributed by atoms with Crippen LogP contribution in [0.3, 0.4) is 0 Å². The Morgan fingerprint density at radius 3 is 2.63 bits per heavy atom. The molecule has 2 aromatic rings. The lowest BCUT2D eigenvalue weighted by Gasteiger charge is -2.14. The van der Waals surface area contributed by atoms with E-state index in [-0.39, 0.29) is 5.69 Å². The molecule has 0 fully saturated rings. The highest BCUT2D eigenvalue weighted by Gasteiger charge is 2.33.